The highest BCUT2D eigenvalue weighted by Gasteiger charge is 2.49. The molecular weight excluding hydrogens is 1610 g/mol. The van der Waals surface area contributed by atoms with Crippen molar-refractivity contribution in [3.8, 4) is 0 Å². The first-order valence-electron chi connectivity index (χ1n) is 44.0. The van der Waals surface area contributed by atoms with E-state index in [9.17, 15) is 81.5 Å². The number of nitrogens with zero attached hydrogens (tertiary/aromatic N) is 4. The van der Waals surface area contributed by atoms with E-state index < -0.39 is 167 Å². The van der Waals surface area contributed by atoms with Gasteiger partial charge in [0.25, 0.3) is 11.8 Å². The summed E-state index contributed by atoms with van der Waals surface area (Å²) in [5.41, 5.74) is 5.80. The number of carbonyl (C=O) groups excluding carboxylic acids is 15. The van der Waals surface area contributed by atoms with Crippen LogP contribution in [-0.2, 0) is 114 Å². The van der Waals surface area contributed by atoms with Crippen molar-refractivity contribution in [2.75, 3.05) is 26.2 Å². The maximum absolute atomic E-state index is 14.6. The number of aliphatic carboxylic acids is 2. The predicted molar refractivity (Wildman–Crippen MR) is 463 cm³/mol. The van der Waals surface area contributed by atoms with Crippen molar-refractivity contribution in [1.29, 1.82) is 0 Å². The van der Waals surface area contributed by atoms with E-state index in [0.29, 0.717) is 77.5 Å². The van der Waals surface area contributed by atoms with Gasteiger partial charge in [0.05, 0.1) is 37.3 Å². The Bertz CT molecular complexity index is 4440. The number of benzene rings is 4. The van der Waals surface area contributed by atoms with Crippen molar-refractivity contribution < 1.29 is 101 Å². The van der Waals surface area contributed by atoms with Crippen LogP contribution in [-0.4, -0.2) is 211 Å². The number of amides is 10. The lowest BCUT2D eigenvalue weighted by Gasteiger charge is -2.32. The van der Waals surface area contributed by atoms with Crippen LogP contribution < -0.4 is 31.9 Å². The van der Waals surface area contributed by atoms with E-state index >= 15 is 0 Å². The Labute approximate surface area is 732 Å². The molecule has 4 aromatic rings. The molecule has 4 heterocycles. The van der Waals surface area contributed by atoms with E-state index in [4.69, 9.17) is 19.7 Å². The number of hydrogen-bond acceptors (Lipinski definition) is 19. The first-order valence-corrected chi connectivity index (χ1v) is 44.0. The number of nitrogens with one attached hydrogen (secondary N) is 6. The Morgan fingerprint density at radius 3 is 1.17 bits per heavy atom. The number of likely N-dealkylation sites (tertiary alicyclic amines) is 2. The third-order valence-corrected chi connectivity index (χ3v) is 23.4. The molecule has 2 saturated heterocycles. The van der Waals surface area contributed by atoms with Gasteiger partial charge < -0.3 is 71.2 Å². The molecule has 4 aromatic carbocycles. The van der Waals surface area contributed by atoms with E-state index in [1.807, 2.05) is 91.9 Å². The number of fused-ring (bicyclic) bond motifs is 2. The zero-order valence-corrected chi connectivity index (χ0v) is 74.2. The summed E-state index contributed by atoms with van der Waals surface area (Å²) in [5, 5.41) is 34.2. The molecular formula is C94H128N10O21. The van der Waals surface area contributed by atoms with Gasteiger partial charge in [0, 0.05) is 89.4 Å². The van der Waals surface area contributed by atoms with E-state index in [1.165, 1.54) is 16.7 Å². The molecule has 0 aliphatic carbocycles. The minimum Gasteiger partial charge on any atom is -0.481 e. The number of carboxylic acids is 2. The van der Waals surface area contributed by atoms with Gasteiger partial charge in [-0.3, -0.25) is 71.9 Å². The molecule has 12 atom stereocenters. The maximum atomic E-state index is 14.6. The van der Waals surface area contributed by atoms with Crippen molar-refractivity contribution in [1.82, 2.24) is 51.5 Å². The molecule has 0 saturated carbocycles. The van der Waals surface area contributed by atoms with Crippen molar-refractivity contribution >= 4 is 100 Å². The smallest absolute Gasteiger partial charge is 0.410 e. The fourth-order valence-corrected chi connectivity index (χ4v) is 16.0. The SMILES string of the molecule is CCCC(NC(=O)C1CC(OC(=O)N2CCc3ccccc3C2)CN1C(=O)[C@@H](NC(=O)[C@@H](CC(=O)CCCCC(=O)O)C(C)C)C(C)C)C(=O)C(=O)N[C@@H](C)c1ccccc1.CCCC(NC(=O)C1CC(OC(=O)N2CCc3ccccc3C2)CN1C(=O)[C@@H](NC(=O)[C@@H](CC(=O)CCCCC(=O)O)C(C)C)C(C)C)C(=O)C(=O)N[C@@H](Cc1ccccc1)C(C)=O. The summed E-state index contributed by atoms with van der Waals surface area (Å²) in [6, 6.07) is 24.9. The Kier molecular flexibility index (Phi) is 39.6. The molecule has 4 aliphatic rings. The van der Waals surface area contributed by atoms with Crippen LogP contribution in [0.25, 0.3) is 0 Å². The lowest BCUT2D eigenvalue weighted by Crippen LogP contribution is -2.58. The summed E-state index contributed by atoms with van der Waals surface area (Å²) in [4.78, 5) is 232. The largest absolute Gasteiger partial charge is 0.481 e. The van der Waals surface area contributed by atoms with Crippen LogP contribution in [0.4, 0.5) is 9.59 Å². The van der Waals surface area contributed by atoms with Crippen molar-refractivity contribution in [3.63, 3.8) is 0 Å². The Morgan fingerprint density at radius 2 is 0.800 bits per heavy atom. The van der Waals surface area contributed by atoms with Gasteiger partial charge in [0.15, 0.2) is 5.78 Å². The van der Waals surface area contributed by atoms with Crippen molar-refractivity contribution in [2.24, 2.45) is 35.5 Å². The first kappa shape index (κ1) is 101. The maximum Gasteiger partial charge on any atom is 0.410 e. The molecule has 0 aromatic heterocycles. The normalized spacial score (nSPS) is 17.9. The molecule has 31 heteroatoms. The molecule has 680 valence electrons. The first-order chi connectivity index (χ1) is 59.4. The van der Waals surface area contributed by atoms with E-state index in [-0.39, 0.29) is 113 Å². The molecule has 2 fully saturated rings. The third-order valence-electron chi connectivity index (χ3n) is 23.4. The zero-order chi connectivity index (χ0) is 91.9. The summed E-state index contributed by atoms with van der Waals surface area (Å²) in [7, 11) is 0. The standard InChI is InChI=1S/C48H65N5O11.C46H63N5O10/c1-7-15-38(43(58)46(61)50-39(31(6)54)24-32-16-9-8-10-17-32)49-45(60)40-26-36(64-48(63)52-23-22-33-18-11-12-19-34(33)27-52)28-53(40)47(62)42(30(4)5)51-44(59)37(29(2)3)25-35(55)20-13-14-21-41(56)57;1-7-15-37(41(55)44(58)47-30(6)31-16-9-8-10-17-31)48-43(57)38-25-35(61-46(60)50-23-22-32-18-11-12-19-33(32)26-50)27-51(38)45(59)40(29(4)5)49-42(56)36(28(2)3)24-34(52)20-13-14-21-39(53)54/h8-12,16-19,29-30,36-40,42H,7,13-15,20-28H2,1-6H3,(H,49,60)(H,50,61)(H,51,59)(H,56,57);8-12,16-19,28-30,35-38,40H,7,13-15,20-27H2,1-6H3,(H,47,58)(H,48,57)(H,49,56)(H,53,54)/t36?,37-,38?,39-,40?,42-;30-,35?,36-,37?,38?,40-/m00/s1. The molecule has 31 nitrogen and oxygen atoms in total. The van der Waals surface area contributed by atoms with Gasteiger partial charge in [0.2, 0.25) is 47.0 Å². The van der Waals surface area contributed by atoms with Gasteiger partial charge in [-0.2, -0.15) is 0 Å². The van der Waals surface area contributed by atoms with Crippen LogP contribution in [0, 0.1) is 35.5 Å². The molecule has 0 radical (unpaired) electrons. The van der Waals surface area contributed by atoms with Gasteiger partial charge in [-0.15, -0.1) is 0 Å². The predicted octanol–water partition coefficient (Wildman–Crippen LogP) is 9.24. The van der Waals surface area contributed by atoms with E-state index in [1.54, 1.807) is 103 Å². The van der Waals surface area contributed by atoms with Crippen LogP contribution in [0.1, 0.15) is 225 Å². The Morgan fingerprint density at radius 1 is 0.432 bits per heavy atom. The lowest BCUT2D eigenvalue weighted by molar-refractivity contribution is -0.145. The molecule has 6 unspecified atom stereocenters. The van der Waals surface area contributed by atoms with Crippen molar-refractivity contribution in [3.05, 3.63) is 143 Å². The molecule has 0 spiro atoms. The van der Waals surface area contributed by atoms with Crippen LogP contribution in [0.5, 0.6) is 0 Å². The number of rotatable bonds is 44. The molecule has 8 N–H and O–H groups in total. The highest BCUT2D eigenvalue weighted by Crippen LogP contribution is 2.31. The van der Waals surface area contributed by atoms with Crippen LogP contribution in [0.15, 0.2) is 109 Å². The monoisotopic (exact) mass is 1730 g/mol. The molecule has 4 aliphatic heterocycles. The number of hydrogen-bond donors (Lipinski definition) is 8. The number of unbranched alkanes of at least 4 members (excludes halogenated alkanes) is 2. The van der Waals surface area contributed by atoms with E-state index in [0.717, 1.165) is 33.4 Å². The summed E-state index contributed by atoms with van der Waals surface area (Å²) < 4.78 is 11.9. The minimum absolute atomic E-state index is 0.0547. The molecule has 0 bridgehead atoms. The topological polar surface area (TPSA) is 434 Å². The van der Waals surface area contributed by atoms with Crippen LogP contribution in [0.2, 0.25) is 0 Å². The number of carboxylic acid groups (broad SMARTS) is 2. The lowest BCUT2D eigenvalue weighted by atomic mass is 9.88. The average Bonchev–Trinajstić information content (AvgIpc) is 1.66. The third kappa shape index (κ3) is 30.4. The quantitative estimate of drug-likeness (QED) is 0.0151. The summed E-state index contributed by atoms with van der Waals surface area (Å²) in [5.74, 6) is -13.3. The molecule has 125 heavy (non-hydrogen) atoms. The number of ketones is 5. The number of Topliss-reactive ketones (excluding diaryl/α,β-unsaturated/α-hetero) is 5. The molecule has 10 amide bonds. The average molecular weight is 1730 g/mol. The fourth-order valence-electron chi connectivity index (χ4n) is 16.0. The van der Waals surface area contributed by atoms with Gasteiger partial charge in [-0.1, -0.05) is 191 Å². The number of ether oxygens (including phenoxy) is 2. The second kappa shape index (κ2) is 49.2. The van der Waals surface area contributed by atoms with Gasteiger partial charge in [0.1, 0.15) is 47.9 Å². The highest BCUT2D eigenvalue weighted by molar-refractivity contribution is 6.39. The van der Waals surface area contributed by atoms with Gasteiger partial charge >= 0.3 is 24.1 Å². The Balaban J connectivity index is 0.000000344. The summed E-state index contributed by atoms with van der Waals surface area (Å²) in [6.45, 7) is 21.8. The fraction of sp³-hybridized carbons (Fsp3) is 0.564. The van der Waals surface area contributed by atoms with Gasteiger partial charge in [-0.25, -0.2) is 9.59 Å². The number of carbonyl (C=O) groups is 17. The van der Waals surface area contributed by atoms with Crippen LogP contribution >= 0.6 is 0 Å². The van der Waals surface area contributed by atoms with Crippen LogP contribution in [0.3, 0.4) is 0 Å². The molecule has 8 rings (SSSR count). The second-order valence-corrected chi connectivity index (χ2v) is 34.6. The highest BCUT2D eigenvalue weighted by atomic mass is 16.6. The van der Waals surface area contributed by atoms with Crippen molar-refractivity contribution in [2.45, 2.75) is 279 Å². The van der Waals surface area contributed by atoms with E-state index in [2.05, 4.69) is 31.9 Å². The Hall–Kier alpha value is -11.5. The summed E-state index contributed by atoms with van der Waals surface area (Å²) >= 11 is 0. The second-order valence-electron chi connectivity index (χ2n) is 34.6. The van der Waals surface area contributed by atoms with Gasteiger partial charge in [-0.05, 0) is 129 Å². The zero-order valence-electron chi connectivity index (χ0n) is 74.2. The minimum atomic E-state index is -1.32. The summed E-state index contributed by atoms with van der Waals surface area (Å²) in [6.07, 6.45) is 0.464.